The van der Waals surface area contributed by atoms with Gasteiger partial charge in [0.2, 0.25) is 47.3 Å². The van der Waals surface area contributed by atoms with Crippen molar-refractivity contribution < 1.29 is 38.4 Å². The Balaban J connectivity index is 0.000000108. The minimum absolute atomic E-state index is 0.0102. The van der Waals surface area contributed by atoms with E-state index in [9.17, 15) is 38.4 Å². The maximum Gasteiger partial charge on any atom is 0.236 e. The van der Waals surface area contributed by atoms with Gasteiger partial charge in [-0.05, 0) is 240 Å². The molecule has 16 nitrogen and oxygen atoms in total. The number of anilines is 4. The zero-order chi connectivity index (χ0) is 77.9. The van der Waals surface area contributed by atoms with Crippen molar-refractivity contribution in [1.82, 2.24) is 21.3 Å². The molecule has 20 rings (SSSR count). The topological polar surface area (TPSA) is 233 Å². The molecule has 12 aliphatic rings. The van der Waals surface area contributed by atoms with Gasteiger partial charge in [0.15, 0.2) is 0 Å². The van der Waals surface area contributed by atoms with E-state index >= 15 is 0 Å². The summed E-state index contributed by atoms with van der Waals surface area (Å²) in [7, 11) is 0. The Hall–Kier alpha value is -8.16. The van der Waals surface area contributed by atoms with Crippen molar-refractivity contribution in [2.75, 3.05) is 47.4 Å². The number of amides is 8. The van der Waals surface area contributed by atoms with E-state index in [1.54, 1.807) is 0 Å². The fourth-order valence-corrected chi connectivity index (χ4v) is 22.5. The summed E-state index contributed by atoms with van der Waals surface area (Å²) >= 11 is 50.0. The second-order valence-corrected chi connectivity index (χ2v) is 35.8. The van der Waals surface area contributed by atoms with Crippen LogP contribution in [0.4, 0.5) is 22.7 Å². The first-order chi connectivity index (χ1) is 54.0. The molecule has 112 heavy (non-hydrogen) atoms. The molecule has 0 bridgehead atoms. The van der Waals surface area contributed by atoms with Gasteiger partial charge in [0.1, 0.15) is 0 Å². The van der Waals surface area contributed by atoms with Crippen molar-refractivity contribution in [3.05, 3.63) is 255 Å². The molecule has 4 spiro atoms. The number of fused-ring (bicyclic) bond motifs is 8. The summed E-state index contributed by atoms with van der Waals surface area (Å²) in [6, 6.07) is 52.8. The Kier molecular flexibility index (Phi) is 20.6. The molecule has 8 amide bonds. The molecule has 8 N–H and O–H groups in total. The van der Waals surface area contributed by atoms with Gasteiger partial charge in [-0.1, -0.05) is 166 Å². The monoisotopic (exact) mass is 1660 g/mol. The lowest BCUT2D eigenvalue weighted by atomic mass is 9.59. The summed E-state index contributed by atoms with van der Waals surface area (Å²) in [5.74, 6) is 0.379. The molecule has 24 heteroatoms. The molecule has 0 unspecified atom stereocenters. The van der Waals surface area contributed by atoms with Crippen molar-refractivity contribution in [1.29, 1.82) is 0 Å². The average Bonchev–Trinajstić information content (AvgIpc) is 1.56. The summed E-state index contributed by atoms with van der Waals surface area (Å²) in [6.45, 7) is 1.82. The summed E-state index contributed by atoms with van der Waals surface area (Å²) in [5.41, 5.74) is 7.33. The van der Waals surface area contributed by atoms with Crippen molar-refractivity contribution in [3.8, 4) is 0 Å². The second-order valence-electron chi connectivity index (χ2n) is 32.3. The lowest BCUT2D eigenvalue weighted by Gasteiger charge is -2.40. The number of benzene rings is 8. The predicted molar refractivity (Wildman–Crippen MR) is 439 cm³/mol. The number of halogens is 8. The van der Waals surface area contributed by atoms with Crippen LogP contribution in [0.2, 0.25) is 40.2 Å². The normalized spacial score (nSPS) is 29.2. The Labute approximate surface area is 688 Å². The molecule has 4 saturated heterocycles. The number of carbonyl (C=O) groups is 8. The highest BCUT2D eigenvalue weighted by atomic mass is 35.5. The number of carbonyl (C=O) groups excluding carboxylic acids is 8. The Morgan fingerprint density at radius 3 is 0.750 bits per heavy atom. The number of nitrogens with one attached hydrogen (secondary N) is 8. The zero-order valence-electron chi connectivity index (χ0n) is 60.7. The first-order valence-electron chi connectivity index (χ1n) is 38.5. The van der Waals surface area contributed by atoms with E-state index in [-0.39, 0.29) is 107 Å². The van der Waals surface area contributed by atoms with Crippen molar-refractivity contribution in [2.24, 2.45) is 47.3 Å². The van der Waals surface area contributed by atoms with Crippen LogP contribution in [0, 0.1) is 47.3 Å². The number of hydrogen-bond acceptors (Lipinski definition) is 8. The van der Waals surface area contributed by atoms with Crippen molar-refractivity contribution >= 4 is 163 Å². The molecule has 12 atom stereocenters. The molecule has 4 aliphatic carbocycles. The average molecular weight is 1660 g/mol. The van der Waals surface area contributed by atoms with Crippen LogP contribution in [0.3, 0.4) is 0 Å². The van der Waals surface area contributed by atoms with Crippen LogP contribution in [0.5, 0.6) is 0 Å². The third kappa shape index (κ3) is 13.6. The maximum atomic E-state index is 13.7. The quantitative estimate of drug-likeness (QED) is 0.0727. The van der Waals surface area contributed by atoms with Crippen molar-refractivity contribution in [3.63, 3.8) is 0 Å². The van der Waals surface area contributed by atoms with Crippen LogP contribution in [0.1, 0.15) is 145 Å². The standard InChI is InChI=1S/4C22H20Cl2N2O2/c2*23-14-3-1-2-13(8-14)17-10-20(27)25-11-18(12-4-5-12)22(17)16-7-6-15(24)9-19(16)26-21(22)28;2*23-14-3-1-2-13(8-14)18-11-25-20(27)10-17(12-4-5-12)22(18)16-7-6-15(24)9-19(16)26-21(22)28/h4*1-3,6-9,12,17-18H,4-5,10-11H2,(H,25,27)(H,26,28)/t4*17-,18+,22-/m1010/s1. The fourth-order valence-electron chi connectivity index (χ4n) is 21.0. The van der Waals surface area contributed by atoms with Gasteiger partial charge < -0.3 is 42.5 Å². The lowest BCUT2D eigenvalue weighted by Crippen LogP contribution is -2.49. The number of rotatable bonds is 8. The van der Waals surface area contributed by atoms with E-state index in [0.29, 0.717) is 103 Å². The summed E-state index contributed by atoms with van der Waals surface area (Å²) < 4.78 is 0. The van der Waals surface area contributed by atoms with Crippen LogP contribution < -0.4 is 42.5 Å². The van der Waals surface area contributed by atoms with Crippen LogP contribution in [-0.2, 0) is 60.0 Å². The van der Waals surface area contributed by atoms with E-state index in [2.05, 4.69) is 42.5 Å². The SMILES string of the molecule is O=C1C[C@@H](C2CC2)[C@]2(C(=O)Nc3cc(Cl)ccc32)[C@@H](c2cccc(Cl)c2)CN1.O=C1C[C@@H](c2cccc(Cl)c2)[C@]2(C(=O)Nc3cc(Cl)ccc32)[C@@H](C2CC2)CN1.O=C1C[C@H](C2CC2)[C@@]2(C(=O)Nc3cc(Cl)ccc32)[C@H](c2cccc(Cl)c2)CN1.O=C1C[C@H](c2cccc(Cl)c2)[C@@]2(C(=O)Nc3cc(Cl)ccc32)[C@H](C2CC2)CN1. The number of hydrogen-bond donors (Lipinski definition) is 8. The van der Waals surface area contributed by atoms with Gasteiger partial charge in [0.05, 0.1) is 21.7 Å². The van der Waals surface area contributed by atoms with Crippen LogP contribution in [0.15, 0.2) is 170 Å². The minimum Gasteiger partial charge on any atom is -0.356 e. The molecule has 0 radical (unpaired) electrons. The van der Waals surface area contributed by atoms with Crippen LogP contribution in [-0.4, -0.2) is 73.4 Å². The molecule has 4 saturated carbocycles. The highest BCUT2D eigenvalue weighted by Crippen LogP contribution is 2.65. The fraction of sp³-hybridized carbons (Fsp3) is 0.364. The van der Waals surface area contributed by atoms with Gasteiger partial charge in [-0.25, -0.2) is 0 Å². The van der Waals surface area contributed by atoms with Gasteiger partial charge in [0.25, 0.3) is 0 Å². The molecule has 8 aromatic carbocycles. The predicted octanol–water partition coefficient (Wildman–Crippen LogP) is 18.1. The van der Waals surface area contributed by atoms with E-state index in [1.165, 1.54) is 0 Å². The minimum atomic E-state index is -0.815. The summed E-state index contributed by atoms with van der Waals surface area (Å²) in [4.78, 5) is 105. The van der Waals surface area contributed by atoms with Gasteiger partial charge in [0, 0.05) is 138 Å². The molecular formula is C88H80Cl8N8O8. The Morgan fingerprint density at radius 2 is 0.482 bits per heavy atom. The van der Waals surface area contributed by atoms with Gasteiger partial charge in [-0.15, -0.1) is 0 Å². The summed E-state index contributed by atoms with van der Waals surface area (Å²) in [6.07, 6.45) is 9.77. The largest absolute Gasteiger partial charge is 0.356 e. The first-order valence-corrected chi connectivity index (χ1v) is 41.6. The molecular weight excluding hydrogens is 1580 g/mol. The molecule has 8 fully saturated rings. The van der Waals surface area contributed by atoms with Crippen molar-refractivity contribution in [2.45, 2.75) is 122 Å². The van der Waals surface area contributed by atoms with Gasteiger partial charge >= 0.3 is 0 Å². The summed E-state index contributed by atoms with van der Waals surface area (Å²) in [5, 5.41) is 29.3. The molecule has 8 aromatic rings. The smallest absolute Gasteiger partial charge is 0.236 e. The lowest BCUT2D eigenvalue weighted by molar-refractivity contribution is -0.126. The van der Waals surface area contributed by atoms with Crippen LogP contribution in [0.25, 0.3) is 0 Å². The van der Waals surface area contributed by atoms with Gasteiger partial charge in [-0.3, -0.25) is 38.4 Å². The first kappa shape index (κ1) is 76.5. The molecule has 8 heterocycles. The zero-order valence-corrected chi connectivity index (χ0v) is 66.7. The highest BCUT2D eigenvalue weighted by molar-refractivity contribution is 6.34. The Bertz CT molecular complexity index is 4780. The van der Waals surface area contributed by atoms with E-state index < -0.39 is 21.7 Å². The maximum absolute atomic E-state index is 13.7. The molecule has 8 aliphatic heterocycles. The van der Waals surface area contributed by atoms with E-state index in [4.69, 9.17) is 92.8 Å². The van der Waals surface area contributed by atoms with E-state index in [0.717, 1.165) is 119 Å². The van der Waals surface area contributed by atoms with Crippen LogP contribution >= 0.6 is 92.8 Å². The third-order valence-electron chi connectivity index (χ3n) is 26.1. The molecule has 576 valence electrons. The molecule has 0 aromatic heterocycles. The Morgan fingerprint density at radius 1 is 0.250 bits per heavy atom. The second kappa shape index (κ2) is 30.2. The van der Waals surface area contributed by atoms with E-state index in [1.807, 2.05) is 170 Å². The third-order valence-corrected chi connectivity index (χ3v) is 28.0. The van der Waals surface area contributed by atoms with Gasteiger partial charge in [-0.2, -0.15) is 0 Å². The highest BCUT2D eigenvalue weighted by Gasteiger charge is 2.66.